The van der Waals surface area contributed by atoms with E-state index in [1.54, 1.807) is 11.3 Å². The van der Waals surface area contributed by atoms with Crippen molar-refractivity contribution >= 4 is 11.3 Å². The van der Waals surface area contributed by atoms with Crippen LogP contribution < -0.4 is 5.32 Å². The van der Waals surface area contributed by atoms with E-state index in [0.29, 0.717) is 5.89 Å². The number of likely N-dealkylation sites (tertiary alicyclic amines) is 1. The predicted octanol–water partition coefficient (Wildman–Crippen LogP) is 2.23. The van der Waals surface area contributed by atoms with E-state index < -0.39 is 0 Å². The number of rotatable bonds is 5. The summed E-state index contributed by atoms with van der Waals surface area (Å²) in [5.41, 5.74) is 1.02. The van der Waals surface area contributed by atoms with Gasteiger partial charge >= 0.3 is 0 Å². The van der Waals surface area contributed by atoms with Gasteiger partial charge in [0.05, 0.1) is 12.1 Å². The Morgan fingerprint density at radius 3 is 3.00 bits per heavy atom. The van der Waals surface area contributed by atoms with Crippen LogP contribution >= 0.6 is 11.3 Å². The third-order valence-electron chi connectivity index (χ3n) is 3.80. The molecule has 0 aromatic carbocycles. The molecule has 1 fully saturated rings. The van der Waals surface area contributed by atoms with Gasteiger partial charge in [-0.25, -0.2) is 0 Å². The van der Waals surface area contributed by atoms with E-state index in [2.05, 4.69) is 20.4 Å². The Balaban J connectivity index is 1.54. The Morgan fingerprint density at radius 1 is 1.45 bits per heavy atom. The smallest absolute Gasteiger partial charge is 0.258 e. The SMILES string of the molecule is CNCC1CCN(Cc2noc(-c3ccsc3)n2)CC1. The fraction of sp³-hybridized carbons (Fsp3) is 0.571. The van der Waals surface area contributed by atoms with Crippen LogP contribution in [-0.4, -0.2) is 41.7 Å². The fourth-order valence-electron chi connectivity index (χ4n) is 2.66. The summed E-state index contributed by atoms with van der Waals surface area (Å²) < 4.78 is 5.32. The molecule has 2 aromatic heterocycles. The first-order chi connectivity index (χ1) is 9.85. The fourth-order valence-corrected chi connectivity index (χ4v) is 3.29. The van der Waals surface area contributed by atoms with E-state index in [1.165, 1.54) is 12.8 Å². The maximum atomic E-state index is 5.32. The van der Waals surface area contributed by atoms with Gasteiger partial charge in [0.25, 0.3) is 5.89 Å². The number of nitrogens with zero attached hydrogens (tertiary/aromatic N) is 3. The van der Waals surface area contributed by atoms with Gasteiger partial charge in [-0.1, -0.05) is 5.16 Å². The van der Waals surface area contributed by atoms with Gasteiger partial charge in [0.2, 0.25) is 0 Å². The second kappa shape index (κ2) is 6.47. The number of hydrogen-bond donors (Lipinski definition) is 1. The van der Waals surface area contributed by atoms with Crippen molar-refractivity contribution < 1.29 is 4.52 Å². The van der Waals surface area contributed by atoms with Gasteiger partial charge < -0.3 is 9.84 Å². The van der Waals surface area contributed by atoms with Crippen LogP contribution in [0.4, 0.5) is 0 Å². The van der Waals surface area contributed by atoms with Crippen molar-refractivity contribution in [2.45, 2.75) is 19.4 Å². The highest BCUT2D eigenvalue weighted by Gasteiger charge is 2.20. The monoisotopic (exact) mass is 292 g/mol. The quantitative estimate of drug-likeness (QED) is 0.916. The van der Waals surface area contributed by atoms with Crippen LogP contribution in [0.5, 0.6) is 0 Å². The molecular formula is C14H20N4OS. The lowest BCUT2D eigenvalue weighted by Gasteiger charge is -2.30. The maximum absolute atomic E-state index is 5.32. The van der Waals surface area contributed by atoms with Crippen LogP contribution in [0.1, 0.15) is 18.7 Å². The third-order valence-corrected chi connectivity index (χ3v) is 4.48. The minimum absolute atomic E-state index is 0.631. The first kappa shape index (κ1) is 13.7. The van der Waals surface area contributed by atoms with E-state index >= 15 is 0 Å². The highest BCUT2D eigenvalue weighted by atomic mass is 32.1. The van der Waals surface area contributed by atoms with Crippen molar-refractivity contribution in [1.82, 2.24) is 20.4 Å². The largest absolute Gasteiger partial charge is 0.334 e. The summed E-state index contributed by atoms with van der Waals surface area (Å²) in [5, 5.41) is 11.4. The molecule has 1 saturated heterocycles. The zero-order chi connectivity index (χ0) is 13.8. The molecule has 0 spiro atoms. The van der Waals surface area contributed by atoms with Crippen LogP contribution in [0.3, 0.4) is 0 Å². The van der Waals surface area contributed by atoms with Crippen molar-refractivity contribution in [3.63, 3.8) is 0 Å². The molecule has 0 saturated carbocycles. The molecule has 2 aromatic rings. The Bertz CT molecular complexity index is 517. The van der Waals surface area contributed by atoms with Gasteiger partial charge in [-0.3, -0.25) is 4.90 Å². The Labute approximate surface area is 123 Å². The molecule has 0 aliphatic carbocycles. The minimum atomic E-state index is 0.631. The van der Waals surface area contributed by atoms with E-state index in [9.17, 15) is 0 Å². The van der Waals surface area contributed by atoms with Gasteiger partial charge in [0.1, 0.15) is 0 Å². The van der Waals surface area contributed by atoms with Gasteiger partial charge in [-0.2, -0.15) is 16.3 Å². The summed E-state index contributed by atoms with van der Waals surface area (Å²) in [4.78, 5) is 6.89. The van der Waals surface area contributed by atoms with Crippen molar-refractivity contribution in [3.8, 4) is 11.5 Å². The lowest BCUT2D eigenvalue weighted by Crippen LogP contribution is -2.36. The lowest BCUT2D eigenvalue weighted by molar-refractivity contribution is 0.171. The number of hydrogen-bond acceptors (Lipinski definition) is 6. The average Bonchev–Trinajstić information content (AvgIpc) is 3.12. The Morgan fingerprint density at radius 2 is 2.30 bits per heavy atom. The number of nitrogens with one attached hydrogen (secondary N) is 1. The molecule has 1 aliphatic rings. The molecule has 5 nitrogen and oxygen atoms in total. The van der Waals surface area contributed by atoms with Gasteiger partial charge in [-0.15, -0.1) is 0 Å². The van der Waals surface area contributed by atoms with Gasteiger partial charge in [0, 0.05) is 5.38 Å². The van der Waals surface area contributed by atoms with E-state index in [0.717, 1.165) is 43.5 Å². The van der Waals surface area contributed by atoms with Crippen LogP contribution in [0.15, 0.2) is 21.3 Å². The molecule has 108 valence electrons. The predicted molar refractivity (Wildman–Crippen MR) is 79.5 cm³/mol. The van der Waals surface area contributed by atoms with Crippen molar-refractivity contribution in [3.05, 3.63) is 22.7 Å². The molecule has 3 rings (SSSR count). The molecule has 6 heteroatoms. The summed E-state index contributed by atoms with van der Waals surface area (Å²) in [6.45, 7) is 4.15. The molecule has 1 N–H and O–H groups in total. The number of thiophene rings is 1. The molecule has 0 amide bonds. The van der Waals surface area contributed by atoms with E-state index in [1.807, 2.05) is 23.9 Å². The van der Waals surface area contributed by atoms with Gasteiger partial charge in [0.15, 0.2) is 5.82 Å². The first-order valence-corrected chi connectivity index (χ1v) is 8.01. The highest BCUT2D eigenvalue weighted by Crippen LogP contribution is 2.21. The van der Waals surface area contributed by atoms with Crippen molar-refractivity contribution in [1.29, 1.82) is 0 Å². The van der Waals surface area contributed by atoms with Crippen LogP contribution in [-0.2, 0) is 6.54 Å². The van der Waals surface area contributed by atoms with E-state index in [-0.39, 0.29) is 0 Å². The molecule has 0 unspecified atom stereocenters. The van der Waals surface area contributed by atoms with Crippen molar-refractivity contribution in [2.75, 3.05) is 26.7 Å². The van der Waals surface area contributed by atoms with Gasteiger partial charge in [-0.05, 0) is 56.9 Å². The summed E-state index contributed by atoms with van der Waals surface area (Å²) in [7, 11) is 2.03. The zero-order valence-electron chi connectivity index (χ0n) is 11.7. The highest BCUT2D eigenvalue weighted by molar-refractivity contribution is 7.08. The molecule has 3 heterocycles. The maximum Gasteiger partial charge on any atom is 0.258 e. The molecule has 20 heavy (non-hydrogen) atoms. The molecule has 0 bridgehead atoms. The minimum Gasteiger partial charge on any atom is -0.334 e. The summed E-state index contributed by atoms with van der Waals surface area (Å²) in [6, 6.07) is 2.01. The Hall–Kier alpha value is -1.24. The normalized spacial score (nSPS) is 17.6. The molecule has 0 radical (unpaired) electrons. The lowest BCUT2D eigenvalue weighted by atomic mass is 9.97. The second-order valence-corrected chi connectivity index (χ2v) is 6.09. The average molecular weight is 292 g/mol. The number of piperidine rings is 1. The van der Waals surface area contributed by atoms with Crippen LogP contribution in [0.25, 0.3) is 11.5 Å². The van der Waals surface area contributed by atoms with Crippen LogP contribution in [0, 0.1) is 5.92 Å². The number of aromatic nitrogens is 2. The summed E-state index contributed by atoms with van der Waals surface area (Å²) >= 11 is 1.64. The van der Waals surface area contributed by atoms with Crippen LogP contribution in [0.2, 0.25) is 0 Å². The standard InChI is InChI=1S/C14H20N4OS/c1-15-8-11-2-5-18(6-3-11)9-13-16-14(19-17-13)12-4-7-20-10-12/h4,7,10-11,15H,2-3,5-6,8-9H2,1H3. The molecular weight excluding hydrogens is 272 g/mol. The van der Waals surface area contributed by atoms with Crippen molar-refractivity contribution in [2.24, 2.45) is 5.92 Å². The summed E-state index contributed by atoms with van der Waals surface area (Å²) in [6.07, 6.45) is 2.49. The topological polar surface area (TPSA) is 54.2 Å². The first-order valence-electron chi connectivity index (χ1n) is 7.07. The molecule has 1 aliphatic heterocycles. The summed E-state index contributed by atoms with van der Waals surface area (Å²) in [5.74, 6) is 2.23. The second-order valence-electron chi connectivity index (χ2n) is 5.30. The van der Waals surface area contributed by atoms with E-state index in [4.69, 9.17) is 4.52 Å². The third kappa shape index (κ3) is 3.26. The zero-order valence-corrected chi connectivity index (χ0v) is 12.5. The Kier molecular flexibility index (Phi) is 4.44. The molecule has 0 atom stereocenters.